The van der Waals surface area contributed by atoms with Crippen LogP contribution in [0.1, 0.15) is 18.8 Å². The van der Waals surface area contributed by atoms with Gasteiger partial charge in [-0.1, -0.05) is 12.1 Å². The Morgan fingerprint density at radius 2 is 2.12 bits per heavy atom. The molecule has 25 heavy (non-hydrogen) atoms. The quantitative estimate of drug-likeness (QED) is 0.706. The number of benzene rings is 1. The number of oxazole rings is 1. The number of nitrogens with zero attached hydrogens (tertiary/aromatic N) is 3. The third-order valence-corrected chi connectivity index (χ3v) is 3.77. The number of rotatable bonds is 7. The Balaban J connectivity index is 1.52. The molecule has 7 nitrogen and oxygen atoms in total. The molecule has 0 bridgehead atoms. The summed E-state index contributed by atoms with van der Waals surface area (Å²) in [6.07, 6.45) is 2.75. The number of alkyl halides is 2. The minimum atomic E-state index is -2.66. The molecule has 2 aromatic heterocycles. The molecule has 2 heterocycles. The summed E-state index contributed by atoms with van der Waals surface area (Å²) in [4.78, 5) is 27.5. The van der Waals surface area contributed by atoms with Crippen molar-refractivity contribution < 1.29 is 18.0 Å². The van der Waals surface area contributed by atoms with E-state index in [-0.39, 0.29) is 37.7 Å². The van der Waals surface area contributed by atoms with E-state index in [1.165, 1.54) is 17.0 Å². The summed E-state index contributed by atoms with van der Waals surface area (Å²) < 4.78 is 32.6. The Morgan fingerprint density at radius 1 is 1.32 bits per heavy atom. The first-order valence-electron chi connectivity index (χ1n) is 7.71. The standard InChI is InChI=1S/C16H16F2N4O3/c17-15(18)22-10-8-19-13(22)5-7-20-14(23)6-9-21-11-3-1-2-4-12(11)25-16(21)24/h1-4,8,10,15H,5-7,9H2,(H,20,23). The molecule has 0 atom stereocenters. The number of fused-ring (bicyclic) bond motifs is 1. The van der Waals surface area contributed by atoms with Crippen LogP contribution in [0.3, 0.4) is 0 Å². The van der Waals surface area contributed by atoms with E-state index < -0.39 is 12.3 Å². The maximum Gasteiger partial charge on any atom is 0.419 e. The summed E-state index contributed by atoms with van der Waals surface area (Å²) >= 11 is 0. The molecule has 9 heteroatoms. The van der Waals surface area contributed by atoms with Crippen LogP contribution in [-0.4, -0.2) is 26.6 Å². The number of imidazole rings is 1. The minimum absolute atomic E-state index is 0.0761. The van der Waals surface area contributed by atoms with E-state index in [4.69, 9.17) is 4.42 Å². The molecule has 0 unspecified atom stereocenters. The van der Waals surface area contributed by atoms with Gasteiger partial charge in [-0.25, -0.2) is 9.78 Å². The Bertz CT molecular complexity index is 929. The van der Waals surface area contributed by atoms with Crippen LogP contribution in [0.5, 0.6) is 0 Å². The number of aromatic nitrogens is 3. The van der Waals surface area contributed by atoms with Gasteiger partial charge in [0.2, 0.25) is 5.91 Å². The Kier molecular flexibility index (Phi) is 4.92. The first kappa shape index (κ1) is 16.9. The maximum absolute atomic E-state index is 12.7. The second kappa shape index (κ2) is 7.29. The lowest BCUT2D eigenvalue weighted by Crippen LogP contribution is -2.28. The van der Waals surface area contributed by atoms with Gasteiger partial charge in [-0.2, -0.15) is 8.78 Å². The van der Waals surface area contributed by atoms with Gasteiger partial charge in [-0.3, -0.25) is 13.9 Å². The fraction of sp³-hybridized carbons (Fsp3) is 0.312. The Hall–Kier alpha value is -2.97. The molecule has 0 saturated heterocycles. The van der Waals surface area contributed by atoms with Gasteiger partial charge >= 0.3 is 12.3 Å². The van der Waals surface area contributed by atoms with E-state index in [0.717, 1.165) is 4.57 Å². The number of nitrogens with one attached hydrogen (secondary N) is 1. The zero-order valence-electron chi connectivity index (χ0n) is 13.2. The number of carbonyl (C=O) groups is 1. The van der Waals surface area contributed by atoms with Gasteiger partial charge in [0, 0.05) is 38.3 Å². The smallest absolute Gasteiger partial charge is 0.408 e. The van der Waals surface area contributed by atoms with Gasteiger partial charge in [0.15, 0.2) is 5.58 Å². The van der Waals surface area contributed by atoms with Crippen LogP contribution in [0.25, 0.3) is 11.1 Å². The summed E-state index contributed by atoms with van der Waals surface area (Å²) in [6.45, 7) is -2.30. The minimum Gasteiger partial charge on any atom is -0.408 e. The van der Waals surface area contributed by atoms with Crippen LogP contribution in [0.15, 0.2) is 45.9 Å². The van der Waals surface area contributed by atoms with Gasteiger partial charge < -0.3 is 9.73 Å². The highest BCUT2D eigenvalue weighted by Crippen LogP contribution is 2.13. The molecule has 0 spiro atoms. The average Bonchev–Trinajstić information content (AvgIpc) is 3.17. The summed E-state index contributed by atoms with van der Waals surface area (Å²) in [5.41, 5.74) is 1.09. The first-order chi connectivity index (χ1) is 12.1. The number of hydrogen-bond acceptors (Lipinski definition) is 4. The van der Waals surface area contributed by atoms with E-state index in [0.29, 0.717) is 11.1 Å². The van der Waals surface area contributed by atoms with Gasteiger partial charge in [0.25, 0.3) is 0 Å². The molecular formula is C16H16F2N4O3. The van der Waals surface area contributed by atoms with Crippen molar-refractivity contribution in [2.75, 3.05) is 6.54 Å². The second-order valence-electron chi connectivity index (χ2n) is 5.37. The number of aryl methyl sites for hydroxylation is 1. The van der Waals surface area contributed by atoms with Crippen LogP contribution in [-0.2, 0) is 17.8 Å². The number of amides is 1. The molecule has 0 aliphatic heterocycles. The summed E-state index contributed by atoms with van der Waals surface area (Å²) in [5, 5.41) is 2.63. The molecule has 0 aliphatic carbocycles. The van der Waals surface area contributed by atoms with Crippen LogP contribution in [0.2, 0.25) is 0 Å². The lowest BCUT2D eigenvalue weighted by molar-refractivity contribution is -0.121. The van der Waals surface area contributed by atoms with E-state index in [2.05, 4.69) is 10.3 Å². The van der Waals surface area contributed by atoms with Gasteiger partial charge in [-0.05, 0) is 12.1 Å². The van der Waals surface area contributed by atoms with Gasteiger partial charge in [0.05, 0.1) is 5.52 Å². The molecule has 132 valence electrons. The number of hydrogen-bond donors (Lipinski definition) is 1. The maximum atomic E-state index is 12.7. The Labute approximate surface area is 140 Å². The lowest BCUT2D eigenvalue weighted by atomic mass is 10.3. The van der Waals surface area contributed by atoms with Crippen molar-refractivity contribution in [3.63, 3.8) is 0 Å². The molecule has 1 aromatic carbocycles. The normalized spacial score (nSPS) is 11.3. The molecular weight excluding hydrogens is 334 g/mol. The van der Waals surface area contributed by atoms with E-state index in [1.54, 1.807) is 24.3 Å². The Morgan fingerprint density at radius 3 is 2.92 bits per heavy atom. The van der Waals surface area contributed by atoms with Crippen molar-refractivity contribution in [3.8, 4) is 0 Å². The predicted molar refractivity (Wildman–Crippen MR) is 85.3 cm³/mol. The predicted octanol–water partition coefficient (Wildman–Crippen LogP) is 1.94. The summed E-state index contributed by atoms with van der Waals surface area (Å²) in [7, 11) is 0. The van der Waals surface area contributed by atoms with Gasteiger partial charge in [0.1, 0.15) is 5.82 Å². The fourth-order valence-electron chi connectivity index (χ4n) is 2.56. The highest BCUT2D eigenvalue weighted by Gasteiger charge is 2.12. The SMILES string of the molecule is O=C(CCn1c(=O)oc2ccccc21)NCCc1nccn1C(F)F. The van der Waals surface area contributed by atoms with Crippen molar-refractivity contribution in [3.05, 3.63) is 53.0 Å². The molecule has 0 fully saturated rings. The van der Waals surface area contributed by atoms with Crippen LogP contribution >= 0.6 is 0 Å². The molecule has 3 aromatic rings. The number of para-hydroxylation sites is 2. The van der Waals surface area contributed by atoms with Gasteiger partial charge in [-0.15, -0.1) is 0 Å². The average molecular weight is 350 g/mol. The lowest BCUT2D eigenvalue weighted by Gasteiger charge is -2.08. The molecule has 1 N–H and O–H groups in total. The third-order valence-electron chi connectivity index (χ3n) is 3.77. The third kappa shape index (κ3) is 3.76. The van der Waals surface area contributed by atoms with Crippen LogP contribution < -0.4 is 11.1 Å². The van der Waals surface area contributed by atoms with Crippen LogP contribution in [0, 0.1) is 0 Å². The largest absolute Gasteiger partial charge is 0.419 e. The molecule has 0 aliphatic rings. The molecule has 1 amide bonds. The van der Waals surface area contributed by atoms with Crippen molar-refractivity contribution in [1.29, 1.82) is 0 Å². The highest BCUT2D eigenvalue weighted by atomic mass is 19.3. The first-order valence-corrected chi connectivity index (χ1v) is 7.71. The fourth-order valence-corrected chi connectivity index (χ4v) is 2.56. The van der Waals surface area contributed by atoms with Crippen molar-refractivity contribution in [1.82, 2.24) is 19.4 Å². The zero-order valence-corrected chi connectivity index (χ0v) is 13.2. The topological polar surface area (TPSA) is 82.1 Å². The monoisotopic (exact) mass is 350 g/mol. The highest BCUT2D eigenvalue weighted by molar-refractivity contribution is 5.76. The molecule has 0 radical (unpaired) electrons. The number of carbonyl (C=O) groups excluding carboxylic acids is 1. The molecule has 0 saturated carbocycles. The van der Waals surface area contributed by atoms with Crippen molar-refractivity contribution in [2.24, 2.45) is 0 Å². The summed E-state index contributed by atoms with van der Waals surface area (Å²) in [6, 6.07) is 6.95. The van der Waals surface area contributed by atoms with E-state index >= 15 is 0 Å². The second-order valence-corrected chi connectivity index (χ2v) is 5.37. The van der Waals surface area contributed by atoms with E-state index in [9.17, 15) is 18.4 Å². The van der Waals surface area contributed by atoms with Crippen molar-refractivity contribution >= 4 is 17.0 Å². The molecule has 3 rings (SSSR count). The number of halogens is 2. The van der Waals surface area contributed by atoms with Crippen LogP contribution in [0.4, 0.5) is 8.78 Å². The van der Waals surface area contributed by atoms with E-state index in [1.807, 2.05) is 0 Å². The van der Waals surface area contributed by atoms with Crippen molar-refractivity contribution in [2.45, 2.75) is 25.9 Å². The summed E-state index contributed by atoms with van der Waals surface area (Å²) in [5.74, 6) is -0.604. The zero-order chi connectivity index (χ0) is 17.8.